The zero-order valence-corrected chi connectivity index (χ0v) is 17.4. The highest BCUT2D eigenvalue weighted by atomic mass is 127. The Bertz CT molecular complexity index is 575. The van der Waals surface area contributed by atoms with Crippen molar-refractivity contribution in [1.82, 2.24) is 10.2 Å². The van der Waals surface area contributed by atoms with Crippen molar-refractivity contribution in [2.45, 2.75) is 13.1 Å². The first-order valence-electron chi connectivity index (χ1n) is 8.40. The molecule has 0 aromatic heterocycles. The minimum Gasteiger partial charge on any atom is -0.383 e. The van der Waals surface area contributed by atoms with Crippen molar-refractivity contribution in [3.05, 3.63) is 29.8 Å². The number of aliphatic imine (C=N–C) groups is 1. The van der Waals surface area contributed by atoms with E-state index in [1.54, 1.807) is 13.2 Å². The SMILES string of the molecule is CCNC(=NCCOC)N1CCN(c2cccc(C(F)(F)F)c2)CC1.I. The fraction of sp³-hybridized carbons (Fsp3) is 0.588. The topological polar surface area (TPSA) is 40.1 Å². The minimum absolute atomic E-state index is 0. The van der Waals surface area contributed by atoms with Gasteiger partial charge in [-0.25, -0.2) is 0 Å². The number of hydrogen-bond donors (Lipinski definition) is 1. The van der Waals surface area contributed by atoms with E-state index in [2.05, 4.69) is 15.2 Å². The number of piperazine rings is 1. The van der Waals surface area contributed by atoms with Gasteiger partial charge in [0, 0.05) is 45.5 Å². The second-order valence-electron chi connectivity index (χ2n) is 5.75. The molecule has 26 heavy (non-hydrogen) atoms. The van der Waals surface area contributed by atoms with Crippen molar-refractivity contribution in [3.8, 4) is 0 Å². The van der Waals surface area contributed by atoms with E-state index in [1.807, 2.05) is 11.8 Å². The van der Waals surface area contributed by atoms with Crippen LogP contribution in [0.2, 0.25) is 0 Å². The molecule has 0 amide bonds. The van der Waals surface area contributed by atoms with Gasteiger partial charge in [0.15, 0.2) is 5.96 Å². The molecule has 2 rings (SSSR count). The molecule has 0 bridgehead atoms. The molecule has 1 aliphatic heterocycles. The summed E-state index contributed by atoms with van der Waals surface area (Å²) in [6, 6.07) is 5.50. The van der Waals surface area contributed by atoms with Crippen LogP contribution in [-0.4, -0.2) is 63.8 Å². The van der Waals surface area contributed by atoms with Gasteiger partial charge in [-0.05, 0) is 25.1 Å². The highest BCUT2D eigenvalue weighted by Crippen LogP contribution is 2.31. The van der Waals surface area contributed by atoms with E-state index in [4.69, 9.17) is 4.74 Å². The zero-order valence-electron chi connectivity index (χ0n) is 15.1. The number of halogens is 4. The third-order valence-electron chi connectivity index (χ3n) is 4.01. The molecule has 1 saturated heterocycles. The first-order valence-corrected chi connectivity index (χ1v) is 8.40. The largest absolute Gasteiger partial charge is 0.416 e. The van der Waals surface area contributed by atoms with E-state index in [0.29, 0.717) is 45.0 Å². The summed E-state index contributed by atoms with van der Waals surface area (Å²) in [4.78, 5) is 8.62. The highest BCUT2D eigenvalue weighted by molar-refractivity contribution is 14.0. The Morgan fingerprint density at radius 3 is 2.50 bits per heavy atom. The maximum absolute atomic E-state index is 12.9. The van der Waals surface area contributed by atoms with Crippen LogP contribution in [-0.2, 0) is 10.9 Å². The molecule has 0 atom stereocenters. The Morgan fingerprint density at radius 1 is 1.23 bits per heavy atom. The summed E-state index contributed by atoms with van der Waals surface area (Å²) in [6.07, 6.45) is -4.32. The molecular formula is C17H26F3IN4O. The Balaban J connectivity index is 0.00000338. The summed E-state index contributed by atoms with van der Waals surface area (Å²) in [5, 5.41) is 3.25. The number of guanidine groups is 1. The normalized spacial score (nSPS) is 15.7. The summed E-state index contributed by atoms with van der Waals surface area (Å²) >= 11 is 0. The molecule has 148 valence electrons. The Kier molecular flexibility index (Phi) is 9.48. The van der Waals surface area contributed by atoms with Gasteiger partial charge >= 0.3 is 6.18 Å². The molecule has 1 aliphatic rings. The van der Waals surface area contributed by atoms with Gasteiger partial charge in [0.1, 0.15) is 0 Å². The maximum atomic E-state index is 12.9. The van der Waals surface area contributed by atoms with E-state index in [0.717, 1.165) is 18.6 Å². The number of hydrogen-bond acceptors (Lipinski definition) is 3. The molecule has 1 heterocycles. The number of ether oxygens (including phenoxy) is 1. The van der Waals surface area contributed by atoms with E-state index in [9.17, 15) is 13.2 Å². The lowest BCUT2D eigenvalue weighted by atomic mass is 10.1. The molecule has 0 aliphatic carbocycles. The summed E-state index contributed by atoms with van der Waals surface area (Å²) in [5.74, 6) is 0.822. The minimum atomic E-state index is -4.32. The monoisotopic (exact) mass is 486 g/mol. The van der Waals surface area contributed by atoms with Crippen LogP contribution in [0.1, 0.15) is 12.5 Å². The summed E-state index contributed by atoms with van der Waals surface area (Å²) in [6.45, 7) is 6.60. The van der Waals surface area contributed by atoms with Gasteiger partial charge in [-0.1, -0.05) is 6.07 Å². The van der Waals surface area contributed by atoms with Gasteiger partial charge < -0.3 is 19.9 Å². The second-order valence-corrected chi connectivity index (χ2v) is 5.75. The van der Waals surface area contributed by atoms with Gasteiger partial charge in [-0.2, -0.15) is 13.2 Å². The number of methoxy groups -OCH3 is 1. The smallest absolute Gasteiger partial charge is 0.383 e. The summed E-state index contributed by atoms with van der Waals surface area (Å²) in [5.41, 5.74) is -0.00214. The summed E-state index contributed by atoms with van der Waals surface area (Å²) in [7, 11) is 1.64. The number of anilines is 1. The van der Waals surface area contributed by atoms with Crippen LogP contribution in [0.5, 0.6) is 0 Å². The average Bonchev–Trinajstić information content (AvgIpc) is 2.61. The Morgan fingerprint density at radius 2 is 1.92 bits per heavy atom. The Hall–Kier alpha value is -1.23. The van der Waals surface area contributed by atoms with Crippen molar-refractivity contribution in [3.63, 3.8) is 0 Å². The van der Waals surface area contributed by atoms with Crippen LogP contribution in [0.25, 0.3) is 0 Å². The van der Waals surface area contributed by atoms with Crippen molar-refractivity contribution >= 4 is 35.6 Å². The Labute approximate surface area is 169 Å². The molecular weight excluding hydrogens is 460 g/mol. The van der Waals surface area contributed by atoms with Crippen molar-refractivity contribution in [2.24, 2.45) is 4.99 Å². The molecule has 0 spiro atoms. The van der Waals surface area contributed by atoms with Crippen LogP contribution in [0.3, 0.4) is 0 Å². The van der Waals surface area contributed by atoms with Gasteiger partial charge in [0.05, 0.1) is 18.7 Å². The third kappa shape index (κ3) is 6.49. The lowest BCUT2D eigenvalue weighted by Gasteiger charge is -2.38. The van der Waals surface area contributed by atoms with Crippen molar-refractivity contribution in [2.75, 3.05) is 57.9 Å². The number of rotatable bonds is 5. The standard InChI is InChI=1S/C17H25F3N4O.HI/c1-3-21-16(22-7-12-25-2)24-10-8-23(9-11-24)15-6-4-5-14(13-15)17(18,19)20;/h4-6,13H,3,7-12H2,1-2H3,(H,21,22);1H. The van der Waals surface area contributed by atoms with Gasteiger partial charge in [-0.15, -0.1) is 24.0 Å². The van der Waals surface area contributed by atoms with Crippen LogP contribution in [0, 0.1) is 0 Å². The van der Waals surface area contributed by atoms with Crippen molar-refractivity contribution < 1.29 is 17.9 Å². The van der Waals surface area contributed by atoms with Crippen molar-refractivity contribution in [1.29, 1.82) is 0 Å². The fourth-order valence-electron chi connectivity index (χ4n) is 2.72. The molecule has 1 aromatic carbocycles. The van der Waals surface area contributed by atoms with E-state index in [-0.39, 0.29) is 24.0 Å². The third-order valence-corrected chi connectivity index (χ3v) is 4.01. The number of nitrogens with zero attached hydrogens (tertiary/aromatic N) is 3. The van der Waals surface area contributed by atoms with E-state index < -0.39 is 11.7 Å². The predicted octanol–water partition coefficient (Wildman–Crippen LogP) is 3.06. The molecule has 9 heteroatoms. The lowest BCUT2D eigenvalue weighted by Crippen LogP contribution is -2.52. The first-order chi connectivity index (χ1) is 12.0. The molecule has 0 unspecified atom stereocenters. The molecule has 1 N–H and O–H groups in total. The number of alkyl halides is 3. The maximum Gasteiger partial charge on any atom is 0.416 e. The molecule has 0 radical (unpaired) electrons. The molecule has 0 saturated carbocycles. The molecule has 1 aromatic rings. The van der Waals surface area contributed by atoms with Gasteiger partial charge in [0.25, 0.3) is 0 Å². The summed E-state index contributed by atoms with van der Waals surface area (Å²) < 4.78 is 43.6. The predicted molar refractivity (Wildman–Crippen MR) is 108 cm³/mol. The van der Waals surface area contributed by atoms with Gasteiger partial charge in [-0.3, -0.25) is 4.99 Å². The first kappa shape index (κ1) is 22.8. The van der Waals surface area contributed by atoms with Crippen LogP contribution in [0.15, 0.2) is 29.3 Å². The lowest BCUT2D eigenvalue weighted by molar-refractivity contribution is -0.137. The number of benzene rings is 1. The number of nitrogens with one attached hydrogen (secondary N) is 1. The van der Waals surface area contributed by atoms with E-state index in [1.165, 1.54) is 12.1 Å². The van der Waals surface area contributed by atoms with Crippen LogP contribution in [0.4, 0.5) is 18.9 Å². The average molecular weight is 486 g/mol. The van der Waals surface area contributed by atoms with Crippen LogP contribution < -0.4 is 10.2 Å². The quantitative estimate of drug-likeness (QED) is 0.301. The fourth-order valence-corrected chi connectivity index (χ4v) is 2.72. The van der Waals surface area contributed by atoms with Crippen LogP contribution >= 0.6 is 24.0 Å². The molecule has 5 nitrogen and oxygen atoms in total. The highest BCUT2D eigenvalue weighted by Gasteiger charge is 2.31. The van der Waals surface area contributed by atoms with Gasteiger partial charge in [0.2, 0.25) is 0 Å². The van der Waals surface area contributed by atoms with E-state index >= 15 is 0 Å². The molecule has 1 fully saturated rings. The zero-order chi connectivity index (χ0) is 18.3. The second kappa shape index (κ2) is 10.8.